The lowest BCUT2D eigenvalue weighted by atomic mass is 10.2. The molecule has 0 radical (unpaired) electrons. The van der Waals surface area contributed by atoms with E-state index in [0.29, 0.717) is 0 Å². The lowest BCUT2D eigenvalue weighted by Crippen LogP contribution is -2.13. The number of hydrogen-bond acceptors (Lipinski definition) is 7. The molecule has 0 aliphatic heterocycles. The van der Waals surface area contributed by atoms with E-state index >= 15 is 0 Å². The molecule has 0 saturated carbocycles. The Morgan fingerprint density at radius 1 is 1.25 bits per heavy atom. The summed E-state index contributed by atoms with van der Waals surface area (Å²) in [4.78, 5) is 22.8. The Kier molecular flexibility index (Phi) is 6.89. The van der Waals surface area contributed by atoms with E-state index in [1.54, 1.807) is 0 Å². The average molecular weight is 360 g/mol. The Bertz CT molecular complexity index is 737. The standard InChI is InChI=1S/C14H16O9S/c1-9(2)14(17)23-11-6-3-5-10(13(15)16)12(11)21-7-4-8-22-24(18,19)20/h3,5-6H,1,4,7-8H2,2H3,(H,15,16)(H,18,19,20). The zero-order valence-corrected chi connectivity index (χ0v) is 13.5. The minimum atomic E-state index is -4.55. The molecule has 9 nitrogen and oxygen atoms in total. The summed E-state index contributed by atoms with van der Waals surface area (Å²) in [6, 6.07) is 3.97. The van der Waals surface area contributed by atoms with Gasteiger partial charge >= 0.3 is 22.3 Å². The van der Waals surface area contributed by atoms with Crippen LogP contribution in [0, 0.1) is 0 Å². The van der Waals surface area contributed by atoms with E-state index in [0.717, 1.165) is 0 Å². The first-order valence-electron chi connectivity index (χ1n) is 6.60. The first-order valence-corrected chi connectivity index (χ1v) is 7.97. The van der Waals surface area contributed by atoms with Gasteiger partial charge in [-0.1, -0.05) is 12.6 Å². The van der Waals surface area contributed by atoms with Gasteiger partial charge in [0.15, 0.2) is 11.5 Å². The number of hydrogen-bond donors (Lipinski definition) is 2. The number of rotatable bonds is 9. The molecule has 0 saturated heterocycles. The smallest absolute Gasteiger partial charge is 0.397 e. The topological polar surface area (TPSA) is 136 Å². The molecule has 0 atom stereocenters. The fourth-order valence-electron chi connectivity index (χ4n) is 1.50. The quantitative estimate of drug-likeness (QED) is 0.220. The normalized spacial score (nSPS) is 10.9. The number of esters is 1. The van der Waals surface area contributed by atoms with E-state index in [4.69, 9.17) is 19.1 Å². The fraction of sp³-hybridized carbons (Fsp3) is 0.286. The summed E-state index contributed by atoms with van der Waals surface area (Å²) in [6.07, 6.45) is 0.0294. The number of carbonyl (C=O) groups is 2. The summed E-state index contributed by atoms with van der Waals surface area (Å²) >= 11 is 0. The van der Waals surface area contributed by atoms with Gasteiger partial charge in [0.05, 0.1) is 13.2 Å². The van der Waals surface area contributed by atoms with Crippen LogP contribution in [0.15, 0.2) is 30.4 Å². The first-order chi connectivity index (χ1) is 11.1. The molecule has 1 aromatic carbocycles. The lowest BCUT2D eigenvalue weighted by molar-refractivity contribution is -0.130. The Morgan fingerprint density at radius 2 is 1.92 bits per heavy atom. The highest BCUT2D eigenvalue weighted by atomic mass is 32.3. The molecule has 24 heavy (non-hydrogen) atoms. The van der Waals surface area contributed by atoms with Crippen LogP contribution in [0.2, 0.25) is 0 Å². The van der Waals surface area contributed by atoms with Crippen molar-refractivity contribution in [3.8, 4) is 11.5 Å². The Hall–Kier alpha value is -2.43. The van der Waals surface area contributed by atoms with Gasteiger partial charge in [-0.25, -0.2) is 13.8 Å². The highest BCUT2D eigenvalue weighted by Crippen LogP contribution is 2.32. The zero-order chi connectivity index (χ0) is 18.3. The Balaban J connectivity index is 2.87. The minimum Gasteiger partial charge on any atom is -0.489 e. The second-order valence-electron chi connectivity index (χ2n) is 4.56. The summed E-state index contributed by atoms with van der Waals surface area (Å²) in [6.45, 7) is 4.34. The monoisotopic (exact) mass is 360 g/mol. The highest BCUT2D eigenvalue weighted by molar-refractivity contribution is 7.80. The van der Waals surface area contributed by atoms with Crippen molar-refractivity contribution in [3.63, 3.8) is 0 Å². The zero-order valence-electron chi connectivity index (χ0n) is 12.7. The van der Waals surface area contributed by atoms with Gasteiger partial charge in [0.2, 0.25) is 0 Å². The van der Waals surface area contributed by atoms with Gasteiger partial charge in [-0.15, -0.1) is 0 Å². The van der Waals surface area contributed by atoms with Crippen LogP contribution < -0.4 is 9.47 Å². The van der Waals surface area contributed by atoms with Crippen molar-refractivity contribution in [1.82, 2.24) is 0 Å². The van der Waals surface area contributed by atoms with E-state index in [-0.39, 0.29) is 42.3 Å². The van der Waals surface area contributed by atoms with Crippen molar-refractivity contribution >= 4 is 22.3 Å². The highest BCUT2D eigenvalue weighted by Gasteiger charge is 2.19. The van der Waals surface area contributed by atoms with Crippen molar-refractivity contribution in [1.29, 1.82) is 0 Å². The number of carbonyl (C=O) groups excluding carboxylic acids is 1. The van der Waals surface area contributed by atoms with Crippen molar-refractivity contribution in [3.05, 3.63) is 35.9 Å². The van der Waals surface area contributed by atoms with Crippen LogP contribution in [-0.2, 0) is 19.4 Å². The second kappa shape index (κ2) is 8.43. The van der Waals surface area contributed by atoms with Crippen LogP contribution in [0.5, 0.6) is 11.5 Å². The van der Waals surface area contributed by atoms with Gasteiger partial charge in [0.25, 0.3) is 0 Å². The number of carboxylic acid groups (broad SMARTS) is 1. The van der Waals surface area contributed by atoms with E-state index in [9.17, 15) is 18.0 Å². The molecule has 0 unspecified atom stereocenters. The average Bonchev–Trinajstić information content (AvgIpc) is 2.46. The molecule has 2 N–H and O–H groups in total. The van der Waals surface area contributed by atoms with Gasteiger partial charge in [0.1, 0.15) is 5.56 Å². The van der Waals surface area contributed by atoms with Gasteiger partial charge in [-0.05, 0) is 19.1 Å². The summed E-state index contributed by atoms with van der Waals surface area (Å²) in [5, 5.41) is 9.17. The molecule has 0 amide bonds. The van der Waals surface area contributed by atoms with E-state index in [2.05, 4.69) is 10.8 Å². The molecular weight excluding hydrogens is 344 g/mol. The molecule has 0 fully saturated rings. The lowest BCUT2D eigenvalue weighted by Gasteiger charge is -2.13. The maximum Gasteiger partial charge on any atom is 0.397 e. The van der Waals surface area contributed by atoms with Crippen molar-refractivity contribution in [2.75, 3.05) is 13.2 Å². The van der Waals surface area contributed by atoms with Crippen molar-refractivity contribution < 1.29 is 41.3 Å². The molecular formula is C14H16O9S. The van der Waals surface area contributed by atoms with Crippen LogP contribution >= 0.6 is 0 Å². The number of ether oxygens (including phenoxy) is 2. The Morgan fingerprint density at radius 3 is 2.46 bits per heavy atom. The molecule has 0 heterocycles. The van der Waals surface area contributed by atoms with Crippen LogP contribution in [0.1, 0.15) is 23.7 Å². The molecule has 0 aromatic heterocycles. The van der Waals surface area contributed by atoms with Gasteiger partial charge in [-0.2, -0.15) is 8.42 Å². The number of carboxylic acids is 1. The first kappa shape index (κ1) is 19.6. The van der Waals surface area contributed by atoms with Crippen molar-refractivity contribution in [2.45, 2.75) is 13.3 Å². The maximum absolute atomic E-state index is 11.6. The molecule has 0 bridgehead atoms. The van der Waals surface area contributed by atoms with Crippen molar-refractivity contribution in [2.24, 2.45) is 0 Å². The largest absolute Gasteiger partial charge is 0.489 e. The predicted molar refractivity (Wildman–Crippen MR) is 81.5 cm³/mol. The third-order valence-electron chi connectivity index (χ3n) is 2.53. The minimum absolute atomic E-state index is 0.0294. The third-order valence-corrected chi connectivity index (χ3v) is 2.99. The fourth-order valence-corrected chi connectivity index (χ4v) is 1.83. The van der Waals surface area contributed by atoms with Gasteiger partial charge < -0.3 is 14.6 Å². The van der Waals surface area contributed by atoms with Crippen LogP contribution in [0.25, 0.3) is 0 Å². The number of para-hydroxylation sites is 1. The molecule has 1 rings (SSSR count). The van der Waals surface area contributed by atoms with E-state index in [1.165, 1.54) is 25.1 Å². The summed E-state index contributed by atoms with van der Waals surface area (Å²) in [7, 11) is -4.55. The van der Waals surface area contributed by atoms with Crippen LogP contribution in [0.3, 0.4) is 0 Å². The SMILES string of the molecule is C=C(C)C(=O)Oc1cccc(C(=O)O)c1OCCCOS(=O)(=O)O. The summed E-state index contributed by atoms with van der Waals surface area (Å²) in [5.74, 6) is -2.35. The molecule has 132 valence electrons. The molecule has 0 aliphatic carbocycles. The number of aromatic carboxylic acids is 1. The van der Waals surface area contributed by atoms with Gasteiger partial charge in [0, 0.05) is 12.0 Å². The molecule has 1 aromatic rings. The third kappa shape index (κ3) is 6.36. The van der Waals surface area contributed by atoms with Crippen LogP contribution in [-0.4, -0.2) is 43.2 Å². The van der Waals surface area contributed by atoms with E-state index < -0.39 is 22.3 Å². The second-order valence-corrected chi connectivity index (χ2v) is 5.65. The summed E-state index contributed by atoms with van der Waals surface area (Å²) in [5.41, 5.74) is -0.124. The van der Waals surface area contributed by atoms with Crippen LogP contribution in [0.4, 0.5) is 0 Å². The summed E-state index contributed by atoms with van der Waals surface area (Å²) < 4.78 is 43.6. The molecule has 10 heteroatoms. The molecule has 0 spiro atoms. The Labute approximate surface area is 138 Å². The molecule has 0 aliphatic rings. The van der Waals surface area contributed by atoms with Gasteiger partial charge in [-0.3, -0.25) is 4.55 Å². The van der Waals surface area contributed by atoms with E-state index in [1.807, 2.05) is 0 Å². The number of benzene rings is 1. The predicted octanol–water partition coefficient (Wildman–Crippen LogP) is 1.45. The maximum atomic E-state index is 11.6.